The SMILES string of the molecule is Cc1ccc2c(N3CCN(C(=O)O[C@@H]4CCOC4)C(CO)C3)nc(-c3ccccc3O)nc2c1. The molecule has 2 aliphatic rings. The molecule has 2 N–H and O–H groups in total. The number of nitrogens with zero attached hydrogens (tertiary/aromatic N) is 4. The molecule has 0 bridgehead atoms. The number of aromatic nitrogens is 2. The third-order valence-electron chi connectivity index (χ3n) is 6.36. The van der Waals surface area contributed by atoms with Crippen LogP contribution < -0.4 is 4.90 Å². The number of benzene rings is 2. The Morgan fingerprint density at radius 1 is 1.21 bits per heavy atom. The first-order chi connectivity index (χ1) is 16.5. The van der Waals surface area contributed by atoms with Gasteiger partial charge in [-0.2, -0.15) is 0 Å². The van der Waals surface area contributed by atoms with Crippen molar-refractivity contribution >= 4 is 22.8 Å². The van der Waals surface area contributed by atoms with Crippen LogP contribution in [0.15, 0.2) is 42.5 Å². The number of aliphatic hydroxyl groups excluding tert-OH is 1. The van der Waals surface area contributed by atoms with Crippen molar-refractivity contribution < 1.29 is 24.5 Å². The number of hydrogen-bond donors (Lipinski definition) is 2. The number of piperazine rings is 1. The Kier molecular flexibility index (Phi) is 6.21. The molecule has 9 nitrogen and oxygen atoms in total. The van der Waals surface area contributed by atoms with E-state index in [0.29, 0.717) is 56.5 Å². The summed E-state index contributed by atoms with van der Waals surface area (Å²) in [5.41, 5.74) is 2.39. The fourth-order valence-electron chi connectivity index (χ4n) is 4.51. The lowest BCUT2D eigenvalue weighted by Gasteiger charge is -2.41. The fraction of sp³-hybridized carbons (Fsp3) is 0.400. The standard InChI is InChI=1S/C25H28N4O5/c1-16-6-7-19-21(12-16)26-23(20-4-2-3-5-22(20)31)27-24(19)28-9-10-29(17(13-28)14-30)25(32)34-18-8-11-33-15-18/h2-7,12,17-18,30-31H,8-11,13-15H2,1H3/t17?,18-/m1/s1. The summed E-state index contributed by atoms with van der Waals surface area (Å²) >= 11 is 0. The second kappa shape index (κ2) is 9.44. The normalized spacial score (nSPS) is 20.6. The Labute approximate surface area is 197 Å². The van der Waals surface area contributed by atoms with Crippen molar-refractivity contribution in [1.29, 1.82) is 0 Å². The van der Waals surface area contributed by atoms with E-state index in [0.717, 1.165) is 16.5 Å². The molecule has 178 valence electrons. The molecule has 2 atom stereocenters. The van der Waals surface area contributed by atoms with Gasteiger partial charge in [-0.15, -0.1) is 0 Å². The number of aryl methyl sites for hydroxylation is 1. The van der Waals surface area contributed by atoms with Gasteiger partial charge in [0.2, 0.25) is 0 Å². The fourth-order valence-corrected chi connectivity index (χ4v) is 4.51. The number of phenols is 1. The minimum Gasteiger partial charge on any atom is -0.507 e. The number of aliphatic hydroxyl groups is 1. The first kappa shape index (κ1) is 22.4. The van der Waals surface area contributed by atoms with Gasteiger partial charge in [-0.25, -0.2) is 14.8 Å². The van der Waals surface area contributed by atoms with Crippen molar-refractivity contribution in [1.82, 2.24) is 14.9 Å². The minimum absolute atomic E-state index is 0.108. The highest BCUT2D eigenvalue weighted by Crippen LogP contribution is 2.33. The van der Waals surface area contributed by atoms with Crippen LogP contribution in [0.2, 0.25) is 0 Å². The largest absolute Gasteiger partial charge is 0.507 e. The highest BCUT2D eigenvalue weighted by Gasteiger charge is 2.34. The molecule has 2 aliphatic heterocycles. The molecular weight excluding hydrogens is 436 g/mol. The molecule has 2 fully saturated rings. The molecule has 3 aromatic rings. The Balaban J connectivity index is 1.46. The molecule has 3 heterocycles. The van der Waals surface area contributed by atoms with Gasteiger partial charge in [0, 0.05) is 31.4 Å². The number of carbonyl (C=O) groups excluding carboxylic acids is 1. The quantitative estimate of drug-likeness (QED) is 0.607. The summed E-state index contributed by atoms with van der Waals surface area (Å²) in [6.45, 7) is 4.12. The number of aromatic hydroxyl groups is 1. The van der Waals surface area contributed by atoms with Gasteiger partial charge in [-0.1, -0.05) is 18.2 Å². The van der Waals surface area contributed by atoms with E-state index in [1.165, 1.54) is 0 Å². The van der Waals surface area contributed by atoms with Crippen molar-refractivity contribution in [3.05, 3.63) is 48.0 Å². The van der Waals surface area contributed by atoms with Crippen LogP contribution in [0.25, 0.3) is 22.3 Å². The molecule has 2 aromatic carbocycles. The van der Waals surface area contributed by atoms with Gasteiger partial charge < -0.3 is 24.6 Å². The van der Waals surface area contributed by atoms with Crippen LogP contribution in [0.4, 0.5) is 10.6 Å². The number of phenolic OH excluding ortho intramolecular Hbond substituents is 1. The number of carbonyl (C=O) groups is 1. The number of para-hydroxylation sites is 1. The third-order valence-corrected chi connectivity index (χ3v) is 6.36. The number of hydrogen-bond acceptors (Lipinski definition) is 8. The van der Waals surface area contributed by atoms with Crippen molar-refractivity contribution in [2.24, 2.45) is 0 Å². The predicted octanol–water partition coefficient (Wildman–Crippen LogP) is 2.72. The van der Waals surface area contributed by atoms with Gasteiger partial charge in [-0.3, -0.25) is 4.90 Å². The van der Waals surface area contributed by atoms with Gasteiger partial charge in [0.05, 0.1) is 36.9 Å². The maximum atomic E-state index is 12.8. The van der Waals surface area contributed by atoms with Gasteiger partial charge in [0.15, 0.2) is 5.82 Å². The van der Waals surface area contributed by atoms with Gasteiger partial charge in [0.25, 0.3) is 0 Å². The number of ether oxygens (including phenoxy) is 2. The highest BCUT2D eigenvalue weighted by molar-refractivity contribution is 5.92. The lowest BCUT2D eigenvalue weighted by molar-refractivity contribution is 0.0320. The van der Waals surface area contributed by atoms with Gasteiger partial charge in [0.1, 0.15) is 17.7 Å². The van der Waals surface area contributed by atoms with Crippen LogP contribution in [0.3, 0.4) is 0 Å². The Hall–Kier alpha value is -3.43. The van der Waals surface area contributed by atoms with Crippen molar-refractivity contribution in [3.63, 3.8) is 0 Å². The zero-order chi connectivity index (χ0) is 23.7. The van der Waals surface area contributed by atoms with Crippen LogP contribution in [0.1, 0.15) is 12.0 Å². The van der Waals surface area contributed by atoms with E-state index in [4.69, 9.17) is 19.4 Å². The topological polar surface area (TPSA) is 108 Å². The molecule has 5 rings (SSSR count). The maximum absolute atomic E-state index is 12.8. The summed E-state index contributed by atoms with van der Waals surface area (Å²) in [7, 11) is 0. The number of amides is 1. The second-order valence-corrected chi connectivity index (χ2v) is 8.75. The maximum Gasteiger partial charge on any atom is 0.410 e. The summed E-state index contributed by atoms with van der Waals surface area (Å²) in [6.07, 6.45) is 0.0315. The molecule has 0 saturated carbocycles. The van der Waals surface area contributed by atoms with Gasteiger partial charge in [-0.05, 0) is 36.8 Å². The number of fused-ring (bicyclic) bond motifs is 1. The average molecular weight is 465 g/mol. The van der Waals surface area contributed by atoms with Crippen molar-refractivity contribution in [2.75, 3.05) is 44.4 Å². The smallest absolute Gasteiger partial charge is 0.410 e. The first-order valence-corrected chi connectivity index (χ1v) is 11.5. The molecule has 2 saturated heterocycles. The molecule has 0 spiro atoms. The highest BCUT2D eigenvalue weighted by atomic mass is 16.6. The molecule has 1 unspecified atom stereocenters. The lowest BCUT2D eigenvalue weighted by atomic mass is 10.1. The van der Waals surface area contributed by atoms with Crippen LogP contribution in [0.5, 0.6) is 5.75 Å². The van der Waals surface area contributed by atoms with Gasteiger partial charge >= 0.3 is 6.09 Å². The monoisotopic (exact) mass is 464 g/mol. The summed E-state index contributed by atoms with van der Waals surface area (Å²) in [5, 5.41) is 21.4. The molecular formula is C25H28N4O5. The summed E-state index contributed by atoms with van der Waals surface area (Å²) in [4.78, 5) is 26.0. The van der Waals surface area contributed by atoms with Crippen LogP contribution in [-0.4, -0.2) is 82.8 Å². The van der Waals surface area contributed by atoms with Crippen LogP contribution >= 0.6 is 0 Å². The minimum atomic E-state index is -0.437. The molecule has 34 heavy (non-hydrogen) atoms. The first-order valence-electron chi connectivity index (χ1n) is 11.5. The second-order valence-electron chi connectivity index (χ2n) is 8.75. The Bertz CT molecular complexity index is 1200. The average Bonchev–Trinajstić information content (AvgIpc) is 3.36. The van der Waals surface area contributed by atoms with E-state index in [-0.39, 0.29) is 18.5 Å². The Morgan fingerprint density at radius 2 is 2.06 bits per heavy atom. The zero-order valence-electron chi connectivity index (χ0n) is 19.1. The predicted molar refractivity (Wildman–Crippen MR) is 127 cm³/mol. The number of anilines is 1. The molecule has 0 aliphatic carbocycles. The number of rotatable bonds is 4. The summed E-state index contributed by atoms with van der Waals surface area (Å²) in [6, 6.07) is 12.5. The van der Waals surface area contributed by atoms with E-state index in [1.807, 2.05) is 31.2 Å². The van der Waals surface area contributed by atoms with Crippen molar-refractivity contribution in [2.45, 2.75) is 25.5 Å². The lowest BCUT2D eigenvalue weighted by Crippen LogP contribution is -2.57. The van der Waals surface area contributed by atoms with E-state index in [9.17, 15) is 15.0 Å². The molecule has 1 aromatic heterocycles. The van der Waals surface area contributed by atoms with Crippen molar-refractivity contribution in [3.8, 4) is 17.1 Å². The third kappa shape index (κ3) is 4.36. The van der Waals surface area contributed by atoms with E-state index >= 15 is 0 Å². The zero-order valence-corrected chi connectivity index (χ0v) is 19.1. The van der Waals surface area contributed by atoms with Crippen LogP contribution in [0, 0.1) is 6.92 Å². The van der Waals surface area contributed by atoms with Crippen LogP contribution in [-0.2, 0) is 9.47 Å². The van der Waals surface area contributed by atoms with E-state index in [1.54, 1.807) is 23.1 Å². The van der Waals surface area contributed by atoms with E-state index < -0.39 is 12.1 Å². The van der Waals surface area contributed by atoms with E-state index in [2.05, 4.69) is 4.90 Å². The molecule has 0 radical (unpaired) electrons. The Morgan fingerprint density at radius 3 is 2.82 bits per heavy atom. The summed E-state index contributed by atoms with van der Waals surface area (Å²) in [5.74, 6) is 1.24. The molecule has 9 heteroatoms. The molecule has 1 amide bonds. The summed E-state index contributed by atoms with van der Waals surface area (Å²) < 4.78 is 10.9.